The first-order valence-corrected chi connectivity index (χ1v) is 8.71. The van der Waals surface area contributed by atoms with Crippen LogP contribution >= 0.6 is 76.3 Å². The van der Waals surface area contributed by atoms with E-state index >= 15 is 0 Å². The summed E-state index contributed by atoms with van der Waals surface area (Å²) in [6, 6.07) is 0. The van der Waals surface area contributed by atoms with Crippen molar-refractivity contribution in [3.63, 3.8) is 0 Å². The van der Waals surface area contributed by atoms with E-state index in [1.807, 2.05) is 0 Å². The van der Waals surface area contributed by atoms with Gasteiger partial charge >= 0.3 is 0 Å². The second-order valence-corrected chi connectivity index (χ2v) is 20.0. The smallest absolute Gasteiger partial charge is 0.240 e. The molecule has 0 atom stereocenters. The Morgan fingerprint density at radius 1 is 1.00 bits per heavy atom. The van der Waals surface area contributed by atoms with Gasteiger partial charge in [-0.05, 0) is 20.8 Å². The molecule has 0 aromatic heterocycles. The zero-order valence-electron chi connectivity index (χ0n) is 8.66. The average Bonchev–Trinajstić information content (AvgIpc) is 2.00. The lowest BCUT2D eigenvalue weighted by atomic mass is 10.4. The predicted octanol–water partition coefficient (Wildman–Crippen LogP) is 4.57. The summed E-state index contributed by atoms with van der Waals surface area (Å²) in [5.41, 5.74) is 0. The number of halogens is 4. The van der Waals surface area contributed by atoms with Crippen molar-refractivity contribution in [2.24, 2.45) is 0 Å². The summed E-state index contributed by atoms with van der Waals surface area (Å²) in [6.45, 7) is 10.5. The fourth-order valence-corrected chi connectivity index (χ4v) is 0.671. The summed E-state index contributed by atoms with van der Waals surface area (Å²) < 4.78 is 0.773. The van der Waals surface area contributed by atoms with E-state index in [9.17, 15) is 0 Å². The maximum Gasteiger partial charge on any atom is 0.240 e. The Hall–Kier alpha value is 2.44. The molecular formula is C7H18BBr2I2N. The largest absolute Gasteiger partial charge is 0.327 e. The highest BCUT2D eigenvalue weighted by Gasteiger charge is 2.10. The van der Waals surface area contributed by atoms with Gasteiger partial charge in [0.1, 0.15) is 0 Å². The Labute approximate surface area is 126 Å². The van der Waals surface area contributed by atoms with Gasteiger partial charge in [-0.2, -0.15) is 0 Å². The van der Waals surface area contributed by atoms with Gasteiger partial charge in [-0.1, -0.05) is 0 Å². The molecule has 0 radical (unpaired) electrons. The van der Waals surface area contributed by atoms with Crippen LogP contribution in [0.5, 0.6) is 0 Å². The van der Waals surface area contributed by atoms with Crippen molar-refractivity contribution in [3.05, 3.63) is 0 Å². The van der Waals surface area contributed by atoms with Crippen molar-refractivity contribution in [1.29, 1.82) is 0 Å². The lowest BCUT2D eigenvalue weighted by molar-refractivity contribution is -0.904. The van der Waals surface area contributed by atoms with Gasteiger partial charge in [-0.3, -0.25) is 0 Å². The second kappa shape index (κ2) is 8.58. The van der Waals surface area contributed by atoms with Crippen LogP contribution < -0.4 is 0 Å². The first kappa shape index (κ1) is 17.8. The van der Waals surface area contributed by atoms with Crippen molar-refractivity contribution in [2.45, 2.75) is 20.8 Å². The Kier molecular flexibility index (Phi) is 11.8. The molecule has 0 heterocycles. The topological polar surface area (TPSA) is 0 Å². The molecule has 0 aliphatic heterocycles. The predicted molar refractivity (Wildman–Crippen MR) is 89.5 cm³/mol. The Balaban J connectivity index is 0. The second-order valence-electron chi connectivity index (χ2n) is 3.06. The van der Waals surface area contributed by atoms with E-state index in [-0.39, 0.29) is 0 Å². The standard InChI is InChI=1S/C7H18N.BBr2I2/c1-5-8(4,6-2)7-3;2-1(3,4)5/h5-7H2,1-4H3;/q+1;-1. The van der Waals surface area contributed by atoms with Crippen LogP contribution in [0.4, 0.5) is 0 Å². The Bertz CT molecular complexity index is 112. The number of rotatable bonds is 3. The van der Waals surface area contributed by atoms with Crippen LogP contribution in [0.1, 0.15) is 20.8 Å². The van der Waals surface area contributed by atoms with E-state index < -0.39 is -0.493 Å². The lowest BCUT2D eigenvalue weighted by Crippen LogP contribution is -2.42. The minimum atomic E-state index is -0.435. The van der Waals surface area contributed by atoms with Crippen molar-refractivity contribution < 1.29 is 4.48 Å². The molecule has 13 heavy (non-hydrogen) atoms. The molecule has 0 rings (SSSR count). The monoisotopic (exact) mass is 539 g/mol. The molecule has 1 nitrogen and oxygen atoms in total. The number of hydrogen-bond donors (Lipinski definition) is 0. The maximum atomic E-state index is 3.33. The molecule has 6 heteroatoms. The van der Waals surface area contributed by atoms with E-state index in [1.54, 1.807) is 0 Å². The first-order valence-electron chi connectivity index (χ1n) is 4.39. The molecule has 0 spiro atoms. The van der Waals surface area contributed by atoms with Crippen molar-refractivity contribution >= 4 is 75.8 Å². The van der Waals surface area contributed by atoms with E-state index in [0.717, 1.165) is 0 Å². The maximum absolute atomic E-state index is 3.33. The van der Waals surface area contributed by atoms with Crippen LogP contribution in [0.2, 0.25) is 0 Å². The van der Waals surface area contributed by atoms with E-state index in [4.69, 9.17) is 0 Å². The van der Waals surface area contributed by atoms with Gasteiger partial charge in [0, 0.05) is 0 Å². The Morgan fingerprint density at radius 3 is 1.15 bits per heavy atom. The van der Waals surface area contributed by atoms with Crippen molar-refractivity contribution in [2.75, 3.05) is 26.7 Å². The third-order valence-corrected chi connectivity index (χ3v) is 2.29. The lowest BCUT2D eigenvalue weighted by Gasteiger charge is -2.30. The molecule has 0 bridgehead atoms. The summed E-state index contributed by atoms with van der Waals surface area (Å²) in [5, 5.41) is 0. The molecule has 0 unspecified atom stereocenters. The van der Waals surface area contributed by atoms with Gasteiger partial charge < -0.3 is 80.7 Å². The van der Waals surface area contributed by atoms with Crippen molar-refractivity contribution in [3.8, 4) is 0 Å². The van der Waals surface area contributed by atoms with Crippen LogP contribution in [0.3, 0.4) is 0 Å². The van der Waals surface area contributed by atoms with Crippen LogP contribution in [0.15, 0.2) is 0 Å². The molecule has 82 valence electrons. The fraction of sp³-hybridized carbons (Fsp3) is 1.00. The molecule has 0 aliphatic carbocycles. The molecule has 0 saturated heterocycles. The first-order chi connectivity index (χ1) is 5.68. The summed E-state index contributed by atoms with van der Waals surface area (Å²) in [4.78, 5) is 0. The van der Waals surface area contributed by atoms with Gasteiger partial charge in [-0.25, -0.2) is 0 Å². The fourth-order valence-electron chi connectivity index (χ4n) is 0.671. The SMILES string of the molecule is Br[B-](Br)(I)I.CC[N+](C)(CC)CC. The highest BCUT2D eigenvalue weighted by Crippen LogP contribution is 2.34. The zero-order valence-corrected chi connectivity index (χ0v) is 16.1. The zero-order chi connectivity index (χ0) is 11.1. The minimum absolute atomic E-state index is 0.435. The van der Waals surface area contributed by atoms with Gasteiger partial charge in [0.05, 0.1) is 26.7 Å². The van der Waals surface area contributed by atoms with E-state index in [0.29, 0.717) is 0 Å². The van der Waals surface area contributed by atoms with E-state index in [1.165, 1.54) is 24.1 Å². The third-order valence-electron chi connectivity index (χ3n) is 2.29. The molecular weight excluding hydrogens is 523 g/mol. The molecule has 0 amide bonds. The molecule has 0 aromatic rings. The van der Waals surface area contributed by atoms with Gasteiger partial charge in [0.25, 0.3) is 0 Å². The summed E-state index contributed by atoms with van der Waals surface area (Å²) in [5.74, 6) is 0. The molecule has 0 aliphatic rings. The molecule has 0 N–H and O–H groups in total. The quantitative estimate of drug-likeness (QED) is 0.280. The average molecular weight is 541 g/mol. The van der Waals surface area contributed by atoms with E-state index in [2.05, 4.69) is 104 Å². The van der Waals surface area contributed by atoms with Gasteiger partial charge in [-0.15, -0.1) is 0 Å². The number of quaternary nitrogens is 1. The highest BCUT2D eigenvalue weighted by atomic mass is 127. The van der Waals surface area contributed by atoms with Gasteiger partial charge in [0.2, 0.25) is -0.493 Å². The van der Waals surface area contributed by atoms with Crippen LogP contribution in [0.25, 0.3) is 0 Å². The number of hydrogen-bond acceptors (Lipinski definition) is 0. The van der Waals surface area contributed by atoms with Gasteiger partial charge in [0.15, 0.2) is 0 Å². The van der Waals surface area contributed by atoms with Crippen molar-refractivity contribution in [1.82, 2.24) is 0 Å². The van der Waals surface area contributed by atoms with Crippen LogP contribution in [0, 0.1) is 0 Å². The number of nitrogens with zero attached hydrogens (tertiary/aromatic N) is 1. The normalized spacial score (nSPS) is 12.0. The third kappa shape index (κ3) is 17.1. The molecule has 0 saturated carbocycles. The molecule has 0 fully saturated rings. The Morgan fingerprint density at radius 2 is 1.15 bits per heavy atom. The summed E-state index contributed by atoms with van der Waals surface area (Å²) in [6.07, 6.45) is 0. The summed E-state index contributed by atoms with van der Waals surface area (Å²) >= 11 is 11.2. The minimum Gasteiger partial charge on any atom is -0.327 e. The van der Waals surface area contributed by atoms with Crippen LogP contribution in [-0.2, 0) is 0 Å². The highest BCUT2D eigenvalue weighted by molar-refractivity contribution is 14.3. The summed E-state index contributed by atoms with van der Waals surface area (Å²) in [7, 11) is 2.29. The molecule has 0 aromatic carbocycles. The van der Waals surface area contributed by atoms with Crippen LogP contribution in [-0.4, -0.2) is 30.7 Å².